The lowest BCUT2D eigenvalue weighted by Gasteiger charge is -2.13. The van der Waals surface area contributed by atoms with Gasteiger partial charge in [0.15, 0.2) is 0 Å². The summed E-state index contributed by atoms with van der Waals surface area (Å²) in [6, 6.07) is 11.2. The largest absolute Gasteiger partial charge is 0.496 e. The minimum atomic E-state index is -0.630. The zero-order valence-electron chi connectivity index (χ0n) is 10.0. The molecule has 1 unspecified atom stereocenters. The Morgan fingerprint density at radius 2 is 2.17 bits per heavy atom. The van der Waals surface area contributed by atoms with E-state index in [0.29, 0.717) is 12.1 Å². The van der Waals surface area contributed by atoms with Crippen molar-refractivity contribution in [3.8, 4) is 5.75 Å². The highest BCUT2D eigenvalue weighted by Crippen LogP contribution is 2.27. The van der Waals surface area contributed by atoms with E-state index in [1.165, 1.54) is 0 Å². The Labute approximate surface area is 115 Å². The van der Waals surface area contributed by atoms with Crippen molar-refractivity contribution in [2.45, 2.75) is 12.5 Å². The minimum absolute atomic E-state index is 0.472. The lowest BCUT2D eigenvalue weighted by molar-refractivity contribution is 0.172. The lowest BCUT2D eigenvalue weighted by atomic mass is 10.0. The first-order valence-corrected chi connectivity index (χ1v) is 6.41. The van der Waals surface area contributed by atoms with Gasteiger partial charge in [0.2, 0.25) is 0 Å². The predicted molar refractivity (Wildman–Crippen MR) is 73.6 cm³/mol. The highest BCUT2D eigenvalue weighted by atomic mass is 79.9. The maximum absolute atomic E-state index is 10.2. The van der Waals surface area contributed by atoms with Crippen LogP contribution in [0.4, 0.5) is 0 Å². The van der Waals surface area contributed by atoms with Crippen LogP contribution in [0.5, 0.6) is 5.75 Å². The van der Waals surface area contributed by atoms with E-state index < -0.39 is 6.10 Å². The molecule has 3 nitrogen and oxygen atoms in total. The topological polar surface area (TPSA) is 42.4 Å². The maximum atomic E-state index is 10.2. The number of methoxy groups -OCH3 is 1. The normalized spacial score (nSPS) is 12.2. The van der Waals surface area contributed by atoms with E-state index in [9.17, 15) is 5.11 Å². The number of hydrogen-bond acceptors (Lipinski definition) is 3. The van der Waals surface area contributed by atoms with Crippen molar-refractivity contribution in [1.82, 2.24) is 4.98 Å². The van der Waals surface area contributed by atoms with Crippen LogP contribution in [-0.4, -0.2) is 17.2 Å². The van der Waals surface area contributed by atoms with Crippen LogP contribution in [0, 0.1) is 0 Å². The molecule has 0 amide bonds. The molecule has 0 aliphatic rings. The number of aliphatic hydroxyl groups is 1. The van der Waals surface area contributed by atoms with E-state index in [-0.39, 0.29) is 0 Å². The lowest BCUT2D eigenvalue weighted by Crippen LogP contribution is -2.05. The van der Waals surface area contributed by atoms with Crippen molar-refractivity contribution in [3.63, 3.8) is 0 Å². The van der Waals surface area contributed by atoms with Crippen molar-refractivity contribution in [2.75, 3.05) is 7.11 Å². The fourth-order valence-electron chi connectivity index (χ4n) is 1.79. The molecule has 0 radical (unpaired) electrons. The zero-order valence-corrected chi connectivity index (χ0v) is 11.6. The summed E-state index contributed by atoms with van der Waals surface area (Å²) in [5, 5.41) is 10.2. The molecule has 94 valence electrons. The number of aliphatic hydroxyl groups excluding tert-OH is 1. The van der Waals surface area contributed by atoms with Gasteiger partial charge in [-0.3, -0.25) is 4.98 Å². The number of benzene rings is 1. The number of pyridine rings is 1. The number of halogens is 1. The SMILES string of the molecule is COc1ccc(Br)cc1CC(O)c1ccccn1. The van der Waals surface area contributed by atoms with Crippen LogP contribution in [0.25, 0.3) is 0 Å². The van der Waals surface area contributed by atoms with Crippen molar-refractivity contribution >= 4 is 15.9 Å². The highest BCUT2D eigenvalue weighted by molar-refractivity contribution is 9.10. The smallest absolute Gasteiger partial charge is 0.122 e. The quantitative estimate of drug-likeness (QED) is 0.943. The molecule has 0 saturated heterocycles. The molecule has 0 saturated carbocycles. The molecule has 1 N–H and O–H groups in total. The minimum Gasteiger partial charge on any atom is -0.496 e. The van der Waals surface area contributed by atoms with Gasteiger partial charge in [0.05, 0.1) is 12.8 Å². The van der Waals surface area contributed by atoms with Gasteiger partial charge in [-0.2, -0.15) is 0 Å². The summed E-state index contributed by atoms with van der Waals surface area (Å²) < 4.78 is 6.25. The third-order valence-electron chi connectivity index (χ3n) is 2.68. The van der Waals surface area contributed by atoms with Crippen LogP contribution in [0.3, 0.4) is 0 Å². The van der Waals surface area contributed by atoms with Gasteiger partial charge in [-0.15, -0.1) is 0 Å². The molecule has 2 aromatic rings. The first kappa shape index (κ1) is 13.1. The van der Waals surface area contributed by atoms with E-state index >= 15 is 0 Å². The molecular weight excluding hydrogens is 294 g/mol. The molecule has 0 aliphatic heterocycles. The van der Waals surface area contributed by atoms with Crippen LogP contribution in [-0.2, 0) is 6.42 Å². The second-order valence-electron chi connectivity index (χ2n) is 3.93. The van der Waals surface area contributed by atoms with E-state index in [1.54, 1.807) is 13.3 Å². The first-order chi connectivity index (χ1) is 8.70. The van der Waals surface area contributed by atoms with Crippen LogP contribution < -0.4 is 4.74 Å². The van der Waals surface area contributed by atoms with Gasteiger partial charge in [0, 0.05) is 17.1 Å². The van der Waals surface area contributed by atoms with E-state index in [4.69, 9.17) is 4.74 Å². The first-order valence-electron chi connectivity index (χ1n) is 5.62. The number of ether oxygens (including phenoxy) is 1. The summed E-state index contributed by atoms with van der Waals surface area (Å²) in [7, 11) is 1.62. The molecule has 18 heavy (non-hydrogen) atoms. The average molecular weight is 308 g/mol. The number of aromatic nitrogens is 1. The average Bonchev–Trinajstić information content (AvgIpc) is 2.40. The standard InChI is InChI=1S/C14H14BrNO2/c1-18-14-6-5-11(15)8-10(14)9-13(17)12-4-2-3-7-16-12/h2-8,13,17H,9H2,1H3. The molecule has 1 heterocycles. The van der Waals surface area contributed by atoms with Gasteiger partial charge in [-0.1, -0.05) is 22.0 Å². The molecule has 4 heteroatoms. The van der Waals surface area contributed by atoms with E-state index in [2.05, 4.69) is 20.9 Å². The van der Waals surface area contributed by atoms with Crippen molar-refractivity contribution < 1.29 is 9.84 Å². The fourth-order valence-corrected chi connectivity index (χ4v) is 2.20. The van der Waals surface area contributed by atoms with Gasteiger partial charge >= 0.3 is 0 Å². The molecule has 0 fully saturated rings. The van der Waals surface area contributed by atoms with Gasteiger partial charge in [0.25, 0.3) is 0 Å². The Hall–Kier alpha value is -1.39. The Kier molecular flexibility index (Phi) is 4.33. The maximum Gasteiger partial charge on any atom is 0.122 e. The molecular formula is C14H14BrNO2. The van der Waals surface area contributed by atoms with Gasteiger partial charge < -0.3 is 9.84 Å². The third-order valence-corrected chi connectivity index (χ3v) is 3.18. The predicted octanol–water partition coefficient (Wildman–Crippen LogP) is 3.13. The Morgan fingerprint density at radius 1 is 1.33 bits per heavy atom. The fraction of sp³-hybridized carbons (Fsp3) is 0.214. The summed E-state index contributed by atoms with van der Waals surface area (Å²) in [6.07, 6.45) is 1.52. The number of nitrogens with zero attached hydrogens (tertiary/aromatic N) is 1. The molecule has 0 bridgehead atoms. The summed E-state index contributed by atoms with van der Waals surface area (Å²) in [5.74, 6) is 0.771. The molecule has 1 aromatic carbocycles. The number of hydrogen-bond donors (Lipinski definition) is 1. The van der Waals surface area contributed by atoms with Crippen molar-refractivity contribution in [2.24, 2.45) is 0 Å². The summed E-state index contributed by atoms with van der Waals surface area (Å²) in [4.78, 5) is 4.15. The second-order valence-corrected chi connectivity index (χ2v) is 4.85. The molecule has 0 aliphatic carbocycles. The summed E-state index contributed by atoms with van der Waals surface area (Å²) in [6.45, 7) is 0. The second kappa shape index (κ2) is 5.98. The van der Waals surface area contributed by atoms with Gasteiger partial charge in [-0.25, -0.2) is 0 Å². The van der Waals surface area contributed by atoms with Crippen molar-refractivity contribution in [3.05, 3.63) is 58.3 Å². The summed E-state index contributed by atoms with van der Waals surface area (Å²) >= 11 is 3.42. The molecule has 1 aromatic heterocycles. The van der Waals surface area contributed by atoms with Crippen LogP contribution in [0.2, 0.25) is 0 Å². The van der Waals surface area contributed by atoms with Gasteiger partial charge in [0.1, 0.15) is 11.9 Å². The molecule has 0 spiro atoms. The molecule has 2 rings (SSSR count). The molecule has 1 atom stereocenters. The highest BCUT2D eigenvalue weighted by Gasteiger charge is 2.13. The Balaban J connectivity index is 2.21. The van der Waals surface area contributed by atoms with E-state index in [1.807, 2.05) is 36.4 Å². The van der Waals surface area contributed by atoms with Crippen LogP contribution in [0.1, 0.15) is 17.4 Å². The Bertz CT molecular complexity index is 516. The number of rotatable bonds is 4. The Morgan fingerprint density at radius 3 is 2.83 bits per heavy atom. The summed E-state index contributed by atoms with van der Waals surface area (Å²) in [5.41, 5.74) is 1.62. The van der Waals surface area contributed by atoms with Crippen LogP contribution in [0.15, 0.2) is 47.1 Å². The monoisotopic (exact) mass is 307 g/mol. The van der Waals surface area contributed by atoms with Crippen molar-refractivity contribution in [1.29, 1.82) is 0 Å². The zero-order chi connectivity index (χ0) is 13.0. The third kappa shape index (κ3) is 3.09. The van der Waals surface area contributed by atoms with Gasteiger partial charge in [-0.05, 0) is 35.9 Å². The van der Waals surface area contributed by atoms with Crippen LogP contribution >= 0.6 is 15.9 Å². The van der Waals surface area contributed by atoms with E-state index in [0.717, 1.165) is 15.8 Å².